The summed E-state index contributed by atoms with van der Waals surface area (Å²) < 4.78 is 5.59. The molecule has 16 heavy (non-hydrogen) atoms. The molecule has 0 bridgehead atoms. The lowest BCUT2D eigenvalue weighted by atomic mass is 10.0. The summed E-state index contributed by atoms with van der Waals surface area (Å²) >= 11 is 0. The Bertz CT molecular complexity index is 454. The first kappa shape index (κ1) is 9.64. The first-order valence-corrected chi connectivity index (χ1v) is 5.88. The summed E-state index contributed by atoms with van der Waals surface area (Å²) in [4.78, 5) is 12.0. The third-order valence-electron chi connectivity index (χ3n) is 3.36. The molecule has 2 nitrogen and oxygen atoms in total. The van der Waals surface area contributed by atoms with Crippen LogP contribution in [0.4, 0.5) is 0 Å². The summed E-state index contributed by atoms with van der Waals surface area (Å²) in [6, 6.07) is 7.44. The maximum atomic E-state index is 12.0. The zero-order valence-electron chi connectivity index (χ0n) is 9.11. The molecule has 0 radical (unpaired) electrons. The molecule has 0 spiro atoms. The van der Waals surface area contributed by atoms with E-state index in [1.54, 1.807) is 0 Å². The van der Waals surface area contributed by atoms with E-state index < -0.39 is 0 Å². The van der Waals surface area contributed by atoms with Gasteiger partial charge in [-0.1, -0.05) is 25.0 Å². The number of ketones is 1. The lowest BCUT2D eigenvalue weighted by Gasteiger charge is -2.03. The van der Waals surface area contributed by atoms with Gasteiger partial charge in [0, 0.05) is 0 Å². The molecule has 1 aliphatic carbocycles. The van der Waals surface area contributed by atoms with Crippen LogP contribution in [0.15, 0.2) is 36.1 Å². The largest absolute Gasteiger partial charge is 0.453 e. The highest BCUT2D eigenvalue weighted by Crippen LogP contribution is 2.33. The Kier molecular flexibility index (Phi) is 2.28. The van der Waals surface area contributed by atoms with E-state index in [0.29, 0.717) is 23.0 Å². The van der Waals surface area contributed by atoms with Gasteiger partial charge in [0.25, 0.3) is 0 Å². The molecular weight excluding hydrogens is 200 g/mol. The SMILES string of the molecule is O=C1/C(=C/C2CCCC2)Oc2ccccc21. The standard InChI is InChI=1S/C14H14O2/c15-14-11-7-3-4-8-12(11)16-13(14)9-10-5-1-2-6-10/h3-4,7-10H,1-2,5-6H2/b13-9-. The van der Waals surface area contributed by atoms with Gasteiger partial charge in [0.1, 0.15) is 5.75 Å². The second-order valence-electron chi connectivity index (χ2n) is 4.50. The number of para-hydroxylation sites is 1. The van der Waals surface area contributed by atoms with E-state index in [0.717, 1.165) is 0 Å². The van der Waals surface area contributed by atoms with Gasteiger partial charge in [-0.3, -0.25) is 4.79 Å². The number of benzene rings is 1. The maximum absolute atomic E-state index is 12.0. The lowest BCUT2D eigenvalue weighted by molar-refractivity contribution is 0.101. The van der Waals surface area contributed by atoms with Gasteiger partial charge in [-0.05, 0) is 37.0 Å². The molecule has 0 atom stereocenters. The fourth-order valence-electron chi connectivity index (χ4n) is 2.49. The van der Waals surface area contributed by atoms with Gasteiger partial charge in [-0.2, -0.15) is 0 Å². The Labute approximate surface area is 94.9 Å². The van der Waals surface area contributed by atoms with E-state index in [4.69, 9.17) is 4.74 Å². The molecule has 1 saturated carbocycles. The van der Waals surface area contributed by atoms with E-state index in [1.165, 1.54) is 25.7 Å². The molecule has 3 rings (SSSR count). The first-order valence-electron chi connectivity index (χ1n) is 5.88. The van der Waals surface area contributed by atoms with Crippen molar-refractivity contribution in [2.75, 3.05) is 0 Å². The number of ether oxygens (including phenoxy) is 1. The predicted molar refractivity (Wildman–Crippen MR) is 61.4 cm³/mol. The Hall–Kier alpha value is -1.57. The highest BCUT2D eigenvalue weighted by molar-refractivity contribution is 6.12. The number of fused-ring (bicyclic) bond motifs is 1. The molecule has 1 aromatic rings. The molecule has 0 unspecified atom stereocenters. The highest BCUT2D eigenvalue weighted by Gasteiger charge is 2.27. The highest BCUT2D eigenvalue weighted by atomic mass is 16.5. The molecule has 1 aliphatic heterocycles. The van der Waals surface area contributed by atoms with Crippen molar-refractivity contribution in [3.05, 3.63) is 41.7 Å². The zero-order chi connectivity index (χ0) is 11.0. The molecule has 0 amide bonds. The average Bonchev–Trinajstić information content (AvgIpc) is 2.90. The van der Waals surface area contributed by atoms with Crippen LogP contribution in [0.3, 0.4) is 0 Å². The van der Waals surface area contributed by atoms with Crippen molar-refractivity contribution in [2.24, 2.45) is 5.92 Å². The second-order valence-corrected chi connectivity index (χ2v) is 4.50. The minimum absolute atomic E-state index is 0.0440. The van der Waals surface area contributed by atoms with Crippen LogP contribution >= 0.6 is 0 Å². The number of carbonyl (C=O) groups is 1. The molecule has 0 saturated heterocycles. The molecule has 0 N–H and O–H groups in total. The topological polar surface area (TPSA) is 26.3 Å². The quantitative estimate of drug-likeness (QED) is 0.670. The van der Waals surface area contributed by atoms with Crippen LogP contribution < -0.4 is 4.74 Å². The van der Waals surface area contributed by atoms with Crippen molar-refractivity contribution in [3.63, 3.8) is 0 Å². The number of Topliss-reactive ketones (excluding diaryl/α,β-unsaturated/α-hetero) is 1. The van der Waals surface area contributed by atoms with Gasteiger partial charge in [0.2, 0.25) is 5.78 Å². The molecule has 1 fully saturated rings. The van der Waals surface area contributed by atoms with Crippen LogP contribution in [0, 0.1) is 5.92 Å². The summed E-state index contributed by atoms with van der Waals surface area (Å²) in [5.74, 6) is 1.82. The summed E-state index contributed by atoms with van der Waals surface area (Å²) in [5, 5.41) is 0. The van der Waals surface area contributed by atoms with Gasteiger partial charge in [-0.25, -0.2) is 0 Å². The Morgan fingerprint density at radius 1 is 1.19 bits per heavy atom. The van der Waals surface area contributed by atoms with Crippen LogP contribution in [0.25, 0.3) is 0 Å². The lowest BCUT2D eigenvalue weighted by Crippen LogP contribution is -2.01. The normalized spacial score (nSPS) is 22.5. The second kappa shape index (κ2) is 3.78. The van der Waals surface area contributed by atoms with E-state index in [2.05, 4.69) is 0 Å². The van der Waals surface area contributed by atoms with E-state index in [1.807, 2.05) is 30.3 Å². The smallest absolute Gasteiger partial charge is 0.231 e. The third kappa shape index (κ3) is 1.54. The van der Waals surface area contributed by atoms with Crippen molar-refractivity contribution in [2.45, 2.75) is 25.7 Å². The number of carbonyl (C=O) groups excluding carboxylic acids is 1. The summed E-state index contributed by atoms with van der Waals surface area (Å²) in [6.07, 6.45) is 6.95. The predicted octanol–water partition coefficient (Wildman–Crippen LogP) is 3.34. The number of allylic oxidation sites excluding steroid dienone is 2. The Morgan fingerprint density at radius 3 is 2.69 bits per heavy atom. The molecule has 1 aromatic carbocycles. The minimum atomic E-state index is 0.0440. The fraction of sp³-hybridized carbons (Fsp3) is 0.357. The first-order chi connectivity index (χ1) is 7.84. The van der Waals surface area contributed by atoms with E-state index in [-0.39, 0.29) is 5.78 Å². The molecule has 2 aliphatic rings. The fourth-order valence-corrected chi connectivity index (χ4v) is 2.49. The molecule has 82 valence electrons. The van der Waals surface area contributed by atoms with Gasteiger partial charge in [0.15, 0.2) is 5.76 Å². The van der Waals surface area contributed by atoms with Crippen LogP contribution in [0.5, 0.6) is 5.75 Å². The molecule has 2 heteroatoms. The number of hydrogen-bond donors (Lipinski definition) is 0. The van der Waals surface area contributed by atoms with Crippen LogP contribution in [0.2, 0.25) is 0 Å². The van der Waals surface area contributed by atoms with Crippen molar-refractivity contribution >= 4 is 5.78 Å². The Morgan fingerprint density at radius 2 is 1.94 bits per heavy atom. The van der Waals surface area contributed by atoms with Crippen molar-refractivity contribution in [1.82, 2.24) is 0 Å². The van der Waals surface area contributed by atoms with Gasteiger partial charge in [0.05, 0.1) is 5.56 Å². The summed E-state index contributed by atoms with van der Waals surface area (Å²) in [6.45, 7) is 0. The van der Waals surface area contributed by atoms with Crippen LogP contribution in [0.1, 0.15) is 36.0 Å². The maximum Gasteiger partial charge on any atom is 0.231 e. The minimum Gasteiger partial charge on any atom is -0.453 e. The molecule has 0 aromatic heterocycles. The van der Waals surface area contributed by atoms with E-state index in [9.17, 15) is 4.79 Å². The van der Waals surface area contributed by atoms with Crippen LogP contribution in [-0.2, 0) is 0 Å². The zero-order valence-corrected chi connectivity index (χ0v) is 9.11. The van der Waals surface area contributed by atoms with Gasteiger partial charge >= 0.3 is 0 Å². The Balaban J connectivity index is 1.89. The van der Waals surface area contributed by atoms with Crippen molar-refractivity contribution in [3.8, 4) is 5.75 Å². The van der Waals surface area contributed by atoms with E-state index >= 15 is 0 Å². The summed E-state index contributed by atoms with van der Waals surface area (Å²) in [5.41, 5.74) is 0.701. The van der Waals surface area contributed by atoms with Crippen LogP contribution in [-0.4, -0.2) is 5.78 Å². The third-order valence-corrected chi connectivity index (χ3v) is 3.36. The molecular formula is C14H14O2. The van der Waals surface area contributed by atoms with Crippen molar-refractivity contribution in [1.29, 1.82) is 0 Å². The monoisotopic (exact) mass is 214 g/mol. The average molecular weight is 214 g/mol. The number of hydrogen-bond acceptors (Lipinski definition) is 2. The number of rotatable bonds is 1. The van der Waals surface area contributed by atoms with Gasteiger partial charge < -0.3 is 4.74 Å². The molecule has 1 heterocycles. The van der Waals surface area contributed by atoms with Gasteiger partial charge in [-0.15, -0.1) is 0 Å². The van der Waals surface area contributed by atoms with Crippen molar-refractivity contribution < 1.29 is 9.53 Å². The summed E-state index contributed by atoms with van der Waals surface area (Å²) in [7, 11) is 0.